The zero-order chi connectivity index (χ0) is 20.4. The van der Waals surface area contributed by atoms with Crippen molar-refractivity contribution in [1.29, 1.82) is 0 Å². The Morgan fingerprint density at radius 3 is 2.41 bits per heavy atom. The van der Waals surface area contributed by atoms with E-state index in [0.717, 1.165) is 37.5 Å². The van der Waals surface area contributed by atoms with Crippen LogP contribution in [-0.4, -0.2) is 47.4 Å². The lowest BCUT2D eigenvalue weighted by molar-refractivity contribution is 0.322. The summed E-state index contributed by atoms with van der Waals surface area (Å²) < 4.78 is 16.3. The van der Waals surface area contributed by atoms with Gasteiger partial charge in [-0.2, -0.15) is 0 Å². The smallest absolute Gasteiger partial charge is 0.203 e. The van der Waals surface area contributed by atoms with Crippen LogP contribution in [0, 0.1) is 5.92 Å². The molecule has 2 rings (SSSR count). The van der Waals surface area contributed by atoms with Gasteiger partial charge in [-0.15, -0.1) is 35.3 Å². The lowest BCUT2D eigenvalue weighted by Gasteiger charge is -2.17. The van der Waals surface area contributed by atoms with Crippen LogP contribution in [0.5, 0.6) is 17.2 Å². The number of thiophene rings is 1. The fourth-order valence-corrected chi connectivity index (χ4v) is 3.88. The minimum atomic E-state index is 0. The zero-order valence-electron chi connectivity index (χ0n) is 17.8. The van der Waals surface area contributed by atoms with Crippen molar-refractivity contribution in [2.45, 2.75) is 19.8 Å². The second-order valence-corrected chi connectivity index (χ2v) is 7.54. The van der Waals surface area contributed by atoms with Crippen LogP contribution < -0.4 is 24.8 Å². The number of guanidine groups is 1. The highest BCUT2D eigenvalue weighted by atomic mass is 127. The van der Waals surface area contributed by atoms with E-state index in [-0.39, 0.29) is 24.0 Å². The average Bonchev–Trinajstić information content (AvgIpc) is 3.22. The van der Waals surface area contributed by atoms with Crippen molar-refractivity contribution < 1.29 is 14.2 Å². The van der Waals surface area contributed by atoms with E-state index in [1.807, 2.05) is 23.5 Å². The highest BCUT2D eigenvalue weighted by Crippen LogP contribution is 2.39. The van der Waals surface area contributed by atoms with Gasteiger partial charge in [0.1, 0.15) is 0 Å². The minimum Gasteiger partial charge on any atom is -0.493 e. The summed E-state index contributed by atoms with van der Waals surface area (Å²) in [5, 5.41) is 8.89. The van der Waals surface area contributed by atoms with Crippen LogP contribution in [0.3, 0.4) is 0 Å². The molecule has 1 unspecified atom stereocenters. The largest absolute Gasteiger partial charge is 0.493 e. The summed E-state index contributed by atoms with van der Waals surface area (Å²) in [4.78, 5) is 5.73. The molecule has 8 heteroatoms. The van der Waals surface area contributed by atoms with Gasteiger partial charge in [0.25, 0.3) is 0 Å². The summed E-state index contributed by atoms with van der Waals surface area (Å²) in [6.07, 6.45) is 1.85. The van der Waals surface area contributed by atoms with Gasteiger partial charge in [-0.25, -0.2) is 0 Å². The number of hydrogen-bond acceptors (Lipinski definition) is 5. The molecule has 1 heterocycles. The maximum Gasteiger partial charge on any atom is 0.203 e. The molecule has 0 fully saturated rings. The number of benzene rings is 1. The lowest BCUT2D eigenvalue weighted by atomic mass is 10.1. The Balaban J connectivity index is 0.00000420. The Kier molecular flexibility index (Phi) is 11.8. The number of rotatable bonds is 10. The first kappa shape index (κ1) is 25.4. The van der Waals surface area contributed by atoms with E-state index < -0.39 is 0 Å². The van der Waals surface area contributed by atoms with Gasteiger partial charge in [0, 0.05) is 30.6 Å². The Hall–Kier alpha value is -1.68. The molecule has 2 N–H and O–H groups in total. The molecular weight excluding hydrogens is 501 g/mol. The molecule has 0 amide bonds. The van der Waals surface area contributed by atoms with Crippen molar-refractivity contribution in [2.75, 3.05) is 41.5 Å². The van der Waals surface area contributed by atoms with E-state index in [9.17, 15) is 0 Å². The number of nitrogens with one attached hydrogen (secondary N) is 2. The molecule has 0 saturated carbocycles. The van der Waals surface area contributed by atoms with E-state index >= 15 is 0 Å². The number of nitrogens with zero attached hydrogens (tertiary/aromatic N) is 1. The SMILES string of the molecule is CN=C(NCCc1ccc(OC)c(OC)c1OC)NCC(C)Cc1cccs1.I. The molecule has 0 bridgehead atoms. The van der Waals surface area contributed by atoms with Gasteiger partial charge in [-0.05, 0) is 36.3 Å². The molecule has 0 aliphatic heterocycles. The molecule has 1 aromatic heterocycles. The van der Waals surface area contributed by atoms with E-state index in [2.05, 4.69) is 40.1 Å². The third-order valence-electron chi connectivity index (χ3n) is 4.44. The first-order valence-electron chi connectivity index (χ1n) is 9.37. The lowest BCUT2D eigenvalue weighted by Crippen LogP contribution is -2.40. The fourth-order valence-electron chi connectivity index (χ4n) is 3.01. The Bertz CT molecular complexity index is 754. The van der Waals surface area contributed by atoms with Crippen molar-refractivity contribution in [1.82, 2.24) is 10.6 Å². The van der Waals surface area contributed by atoms with Crippen LogP contribution in [0.15, 0.2) is 34.6 Å². The van der Waals surface area contributed by atoms with Crippen molar-refractivity contribution in [3.63, 3.8) is 0 Å². The van der Waals surface area contributed by atoms with Crippen LogP contribution in [0.2, 0.25) is 0 Å². The van der Waals surface area contributed by atoms with Gasteiger partial charge in [0.2, 0.25) is 5.75 Å². The van der Waals surface area contributed by atoms with Crippen LogP contribution in [0.4, 0.5) is 0 Å². The summed E-state index contributed by atoms with van der Waals surface area (Å²) >= 11 is 1.81. The minimum absolute atomic E-state index is 0. The predicted molar refractivity (Wildman–Crippen MR) is 132 cm³/mol. The Morgan fingerprint density at radius 2 is 1.83 bits per heavy atom. The second kappa shape index (κ2) is 13.5. The predicted octanol–water partition coefficient (Wildman–Crippen LogP) is 3.98. The third kappa shape index (κ3) is 7.58. The van der Waals surface area contributed by atoms with Crippen LogP contribution in [0.1, 0.15) is 17.4 Å². The van der Waals surface area contributed by atoms with Gasteiger partial charge in [-0.1, -0.05) is 19.1 Å². The van der Waals surface area contributed by atoms with Crippen molar-refractivity contribution in [2.24, 2.45) is 10.9 Å². The third-order valence-corrected chi connectivity index (χ3v) is 5.34. The number of aliphatic imine (C=N–C) groups is 1. The quantitative estimate of drug-likeness (QED) is 0.275. The standard InChI is InChI=1S/C21H31N3O3S.HI/c1-15(13-17-7-6-12-28-17)14-24-21(22-2)23-11-10-16-8-9-18(25-3)20(27-5)19(16)26-4;/h6-9,12,15H,10-11,13-14H2,1-5H3,(H2,22,23,24);1H. The van der Waals surface area contributed by atoms with Crippen LogP contribution >= 0.6 is 35.3 Å². The number of hydrogen-bond donors (Lipinski definition) is 2. The first-order valence-corrected chi connectivity index (χ1v) is 10.3. The topological polar surface area (TPSA) is 64.1 Å². The number of methoxy groups -OCH3 is 3. The summed E-state index contributed by atoms with van der Waals surface area (Å²) in [6.45, 7) is 3.84. The van der Waals surface area contributed by atoms with E-state index in [1.54, 1.807) is 28.4 Å². The molecule has 0 saturated heterocycles. The van der Waals surface area contributed by atoms with Gasteiger partial charge in [0.05, 0.1) is 21.3 Å². The molecular formula is C21H32IN3O3S. The molecule has 29 heavy (non-hydrogen) atoms. The first-order chi connectivity index (χ1) is 13.6. The van der Waals surface area contributed by atoms with E-state index in [4.69, 9.17) is 14.2 Å². The molecule has 0 radical (unpaired) electrons. The van der Waals surface area contributed by atoms with Gasteiger partial charge in [0.15, 0.2) is 17.5 Å². The highest BCUT2D eigenvalue weighted by Gasteiger charge is 2.15. The maximum atomic E-state index is 5.54. The maximum absolute atomic E-state index is 5.54. The Morgan fingerprint density at radius 1 is 1.07 bits per heavy atom. The monoisotopic (exact) mass is 533 g/mol. The molecule has 162 valence electrons. The van der Waals surface area contributed by atoms with Gasteiger partial charge >= 0.3 is 0 Å². The Labute approximate surface area is 195 Å². The second-order valence-electron chi connectivity index (χ2n) is 6.51. The van der Waals surface area contributed by atoms with Crippen molar-refractivity contribution in [3.8, 4) is 17.2 Å². The van der Waals surface area contributed by atoms with Gasteiger partial charge in [-0.3, -0.25) is 4.99 Å². The molecule has 0 spiro atoms. The summed E-state index contributed by atoms with van der Waals surface area (Å²) in [7, 11) is 6.67. The summed E-state index contributed by atoms with van der Waals surface area (Å²) in [5.74, 6) is 3.32. The fraction of sp³-hybridized carbons (Fsp3) is 0.476. The normalized spacial score (nSPS) is 12.0. The van der Waals surface area contributed by atoms with Crippen molar-refractivity contribution >= 4 is 41.3 Å². The van der Waals surface area contributed by atoms with Crippen molar-refractivity contribution in [3.05, 3.63) is 40.1 Å². The zero-order valence-corrected chi connectivity index (χ0v) is 20.9. The van der Waals surface area contributed by atoms with Crippen LogP contribution in [-0.2, 0) is 12.8 Å². The van der Waals surface area contributed by atoms with E-state index in [1.165, 1.54) is 4.88 Å². The number of halogens is 1. The molecule has 0 aliphatic rings. The molecule has 2 aromatic rings. The highest BCUT2D eigenvalue weighted by molar-refractivity contribution is 14.0. The molecule has 0 aliphatic carbocycles. The summed E-state index contributed by atoms with van der Waals surface area (Å²) in [5.41, 5.74) is 1.05. The molecule has 1 aromatic carbocycles. The van der Waals surface area contributed by atoms with Crippen LogP contribution in [0.25, 0.3) is 0 Å². The molecule has 6 nitrogen and oxygen atoms in total. The number of ether oxygens (including phenoxy) is 3. The van der Waals surface area contributed by atoms with Gasteiger partial charge < -0.3 is 24.8 Å². The summed E-state index contributed by atoms with van der Waals surface area (Å²) in [6, 6.07) is 8.19. The van der Waals surface area contributed by atoms with E-state index in [0.29, 0.717) is 23.2 Å². The average molecular weight is 533 g/mol. The molecule has 1 atom stereocenters.